The number of nitriles is 1. The van der Waals surface area contributed by atoms with E-state index >= 15 is 0 Å². The molecule has 2 aromatic carbocycles. The average Bonchev–Trinajstić information content (AvgIpc) is 2.53. The molecule has 0 aliphatic carbocycles. The Labute approximate surface area is 125 Å². The zero-order chi connectivity index (χ0) is 15.1. The van der Waals surface area contributed by atoms with Gasteiger partial charge in [0.05, 0.1) is 25.7 Å². The molecule has 3 heteroatoms. The predicted octanol–water partition coefficient (Wildman–Crippen LogP) is 4.08. The highest BCUT2D eigenvalue weighted by Crippen LogP contribution is 2.21. The molecule has 0 bridgehead atoms. The van der Waals surface area contributed by atoms with E-state index in [-0.39, 0.29) is 5.92 Å². The highest BCUT2D eigenvalue weighted by Gasteiger charge is 2.10. The number of benzene rings is 2. The number of hydrogen-bond donors (Lipinski definition) is 0. The van der Waals surface area contributed by atoms with Crippen LogP contribution in [0.3, 0.4) is 0 Å². The standard InChI is InChI=1S/C18H19NO2/c1-14-3-5-15(6-4-14)16(13-19)11-12-21-18-9-7-17(20-2)8-10-18/h3-10,16H,11-12H2,1-2H3. The van der Waals surface area contributed by atoms with E-state index in [0.717, 1.165) is 17.1 Å². The van der Waals surface area contributed by atoms with Crippen LogP contribution in [0.2, 0.25) is 0 Å². The van der Waals surface area contributed by atoms with Crippen molar-refractivity contribution in [3.63, 3.8) is 0 Å². The molecule has 1 unspecified atom stereocenters. The zero-order valence-electron chi connectivity index (χ0n) is 12.4. The van der Waals surface area contributed by atoms with E-state index in [2.05, 4.69) is 6.07 Å². The lowest BCUT2D eigenvalue weighted by molar-refractivity contribution is 0.305. The minimum atomic E-state index is -0.135. The van der Waals surface area contributed by atoms with Crippen LogP contribution in [0.4, 0.5) is 0 Å². The van der Waals surface area contributed by atoms with Gasteiger partial charge in [0.25, 0.3) is 0 Å². The third-order valence-electron chi connectivity index (χ3n) is 3.37. The fraction of sp³-hybridized carbons (Fsp3) is 0.278. The van der Waals surface area contributed by atoms with Gasteiger partial charge in [-0.2, -0.15) is 5.26 Å². The molecule has 0 saturated carbocycles. The summed E-state index contributed by atoms with van der Waals surface area (Å²) in [6.45, 7) is 2.55. The van der Waals surface area contributed by atoms with Crippen molar-refractivity contribution in [3.8, 4) is 17.6 Å². The smallest absolute Gasteiger partial charge is 0.119 e. The normalized spacial score (nSPS) is 11.5. The molecule has 0 radical (unpaired) electrons. The topological polar surface area (TPSA) is 42.2 Å². The van der Waals surface area contributed by atoms with Crippen molar-refractivity contribution in [3.05, 3.63) is 59.7 Å². The summed E-state index contributed by atoms with van der Waals surface area (Å²) < 4.78 is 10.8. The molecule has 2 aromatic rings. The Morgan fingerprint density at radius 2 is 1.62 bits per heavy atom. The molecule has 0 aromatic heterocycles. The van der Waals surface area contributed by atoms with Crippen LogP contribution in [0, 0.1) is 18.3 Å². The van der Waals surface area contributed by atoms with E-state index in [1.165, 1.54) is 5.56 Å². The van der Waals surface area contributed by atoms with Gasteiger partial charge in [0.15, 0.2) is 0 Å². The van der Waals surface area contributed by atoms with Crippen LogP contribution >= 0.6 is 0 Å². The molecular weight excluding hydrogens is 262 g/mol. The summed E-state index contributed by atoms with van der Waals surface area (Å²) in [5.41, 5.74) is 2.24. The molecule has 108 valence electrons. The predicted molar refractivity (Wildman–Crippen MR) is 82.6 cm³/mol. The summed E-state index contributed by atoms with van der Waals surface area (Å²) in [6, 6.07) is 17.9. The Morgan fingerprint density at radius 1 is 1.00 bits per heavy atom. The third kappa shape index (κ3) is 4.25. The van der Waals surface area contributed by atoms with Crippen LogP contribution in [-0.2, 0) is 0 Å². The fourth-order valence-electron chi connectivity index (χ4n) is 2.07. The summed E-state index contributed by atoms with van der Waals surface area (Å²) in [5, 5.41) is 9.29. The second kappa shape index (κ2) is 7.35. The molecule has 2 rings (SSSR count). The number of methoxy groups -OCH3 is 1. The van der Waals surface area contributed by atoms with E-state index < -0.39 is 0 Å². The number of nitrogens with zero attached hydrogens (tertiary/aromatic N) is 1. The maximum atomic E-state index is 9.29. The maximum Gasteiger partial charge on any atom is 0.119 e. The van der Waals surface area contributed by atoms with E-state index in [9.17, 15) is 5.26 Å². The van der Waals surface area contributed by atoms with Gasteiger partial charge in [0, 0.05) is 6.42 Å². The molecule has 0 N–H and O–H groups in total. The van der Waals surface area contributed by atoms with Crippen molar-refractivity contribution in [2.45, 2.75) is 19.3 Å². The Hall–Kier alpha value is -2.47. The molecule has 0 fully saturated rings. The van der Waals surface area contributed by atoms with Gasteiger partial charge in [-0.25, -0.2) is 0 Å². The lowest BCUT2D eigenvalue weighted by Crippen LogP contribution is -2.04. The van der Waals surface area contributed by atoms with E-state index in [1.807, 2.05) is 55.5 Å². The van der Waals surface area contributed by atoms with Crippen molar-refractivity contribution in [2.75, 3.05) is 13.7 Å². The summed E-state index contributed by atoms with van der Waals surface area (Å²) >= 11 is 0. The van der Waals surface area contributed by atoms with Crippen molar-refractivity contribution >= 4 is 0 Å². The van der Waals surface area contributed by atoms with Crippen LogP contribution < -0.4 is 9.47 Å². The second-order valence-electron chi connectivity index (χ2n) is 4.91. The van der Waals surface area contributed by atoms with Gasteiger partial charge in [-0.15, -0.1) is 0 Å². The molecule has 0 spiro atoms. The molecule has 0 saturated heterocycles. The lowest BCUT2D eigenvalue weighted by atomic mass is 9.97. The minimum absolute atomic E-state index is 0.135. The lowest BCUT2D eigenvalue weighted by Gasteiger charge is -2.11. The first-order chi connectivity index (χ1) is 10.2. The quantitative estimate of drug-likeness (QED) is 0.801. The van der Waals surface area contributed by atoms with Gasteiger partial charge in [0.2, 0.25) is 0 Å². The van der Waals surface area contributed by atoms with E-state index in [1.54, 1.807) is 7.11 Å². The van der Waals surface area contributed by atoms with E-state index in [0.29, 0.717) is 13.0 Å². The number of rotatable bonds is 6. The number of hydrogen-bond acceptors (Lipinski definition) is 3. The van der Waals surface area contributed by atoms with Gasteiger partial charge >= 0.3 is 0 Å². The van der Waals surface area contributed by atoms with Crippen LogP contribution in [0.15, 0.2) is 48.5 Å². The summed E-state index contributed by atoms with van der Waals surface area (Å²) in [5.74, 6) is 1.46. The molecule has 0 aliphatic heterocycles. The van der Waals surface area contributed by atoms with Crippen LogP contribution in [0.25, 0.3) is 0 Å². The Balaban J connectivity index is 1.88. The maximum absolute atomic E-state index is 9.29. The van der Waals surface area contributed by atoms with Crippen molar-refractivity contribution < 1.29 is 9.47 Å². The SMILES string of the molecule is COc1ccc(OCCC(C#N)c2ccc(C)cc2)cc1. The molecular formula is C18H19NO2. The highest BCUT2D eigenvalue weighted by atomic mass is 16.5. The Bertz CT molecular complexity index is 597. The average molecular weight is 281 g/mol. The zero-order valence-corrected chi connectivity index (χ0v) is 12.4. The van der Waals surface area contributed by atoms with Gasteiger partial charge in [-0.1, -0.05) is 29.8 Å². The van der Waals surface area contributed by atoms with Gasteiger partial charge in [0.1, 0.15) is 11.5 Å². The molecule has 3 nitrogen and oxygen atoms in total. The Kier molecular flexibility index (Phi) is 5.22. The van der Waals surface area contributed by atoms with Crippen molar-refractivity contribution in [1.82, 2.24) is 0 Å². The van der Waals surface area contributed by atoms with Gasteiger partial charge in [-0.05, 0) is 36.8 Å². The monoisotopic (exact) mass is 281 g/mol. The minimum Gasteiger partial charge on any atom is -0.497 e. The van der Waals surface area contributed by atoms with Crippen LogP contribution in [-0.4, -0.2) is 13.7 Å². The Morgan fingerprint density at radius 3 is 2.19 bits per heavy atom. The first kappa shape index (κ1) is 14.9. The van der Waals surface area contributed by atoms with Gasteiger partial charge < -0.3 is 9.47 Å². The van der Waals surface area contributed by atoms with Crippen molar-refractivity contribution in [2.24, 2.45) is 0 Å². The molecule has 0 amide bonds. The fourth-order valence-corrected chi connectivity index (χ4v) is 2.07. The number of aryl methyl sites for hydroxylation is 1. The van der Waals surface area contributed by atoms with E-state index in [4.69, 9.17) is 9.47 Å². The third-order valence-corrected chi connectivity index (χ3v) is 3.37. The first-order valence-corrected chi connectivity index (χ1v) is 6.96. The molecule has 0 heterocycles. The van der Waals surface area contributed by atoms with Gasteiger partial charge in [-0.3, -0.25) is 0 Å². The van der Waals surface area contributed by atoms with Crippen LogP contribution in [0.1, 0.15) is 23.5 Å². The second-order valence-corrected chi connectivity index (χ2v) is 4.91. The molecule has 1 atom stereocenters. The number of ether oxygens (including phenoxy) is 2. The summed E-state index contributed by atoms with van der Waals surface area (Å²) in [6.07, 6.45) is 0.672. The highest BCUT2D eigenvalue weighted by molar-refractivity contribution is 5.31. The van der Waals surface area contributed by atoms with Crippen LogP contribution in [0.5, 0.6) is 11.5 Å². The van der Waals surface area contributed by atoms with Crippen molar-refractivity contribution in [1.29, 1.82) is 5.26 Å². The first-order valence-electron chi connectivity index (χ1n) is 6.96. The molecule has 21 heavy (non-hydrogen) atoms. The summed E-state index contributed by atoms with van der Waals surface area (Å²) in [4.78, 5) is 0. The molecule has 0 aliphatic rings. The largest absolute Gasteiger partial charge is 0.497 e. The summed E-state index contributed by atoms with van der Waals surface area (Å²) in [7, 11) is 1.63.